The van der Waals surface area contributed by atoms with E-state index in [1.807, 2.05) is 18.2 Å². The molecule has 0 aliphatic rings. The van der Waals surface area contributed by atoms with Gasteiger partial charge in [0.15, 0.2) is 0 Å². The number of thioether (sulfide) groups is 1. The molecule has 0 rings (SSSR count). The molecule has 0 N–H and O–H groups in total. The average Bonchev–Trinajstić information content (AvgIpc) is 2.19. The van der Waals surface area contributed by atoms with E-state index in [0.29, 0.717) is 0 Å². The Balaban J connectivity index is 4.98. The average molecular weight is 220 g/mol. The van der Waals surface area contributed by atoms with E-state index in [0.717, 1.165) is 11.3 Å². The molecule has 0 aromatic rings. The molecule has 0 spiro atoms. The van der Waals surface area contributed by atoms with Crippen molar-refractivity contribution in [2.24, 2.45) is 0 Å². The highest BCUT2D eigenvalue weighted by Crippen LogP contribution is 2.24. The van der Waals surface area contributed by atoms with E-state index in [-0.39, 0.29) is 0 Å². The Hall–Kier alpha value is -0.950. The second kappa shape index (κ2) is 8.37. The van der Waals surface area contributed by atoms with Crippen LogP contribution in [-0.2, 0) is 0 Å². The largest absolute Gasteiger partial charge is 0.126 e. The lowest BCUT2D eigenvalue weighted by molar-refractivity contribution is 1.39. The zero-order valence-corrected chi connectivity index (χ0v) is 10.7. The monoisotopic (exact) mass is 220 g/mol. The van der Waals surface area contributed by atoms with Crippen LogP contribution < -0.4 is 0 Å². The zero-order chi connectivity index (χ0) is 11.7. The van der Waals surface area contributed by atoms with Gasteiger partial charge in [0.2, 0.25) is 0 Å². The first kappa shape index (κ1) is 14.1. The summed E-state index contributed by atoms with van der Waals surface area (Å²) >= 11 is 1.81. The van der Waals surface area contributed by atoms with Gasteiger partial charge in [0.05, 0.1) is 0 Å². The van der Waals surface area contributed by atoms with Crippen molar-refractivity contribution in [1.82, 2.24) is 0 Å². The predicted molar refractivity (Wildman–Crippen MR) is 74.1 cm³/mol. The van der Waals surface area contributed by atoms with E-state index >= 15 is 0 Å². The summed E-state index contributed by atoms with van der Waals surface area (Å²) in [6.45, 7) is 13.9. The number of allylic oxidation sites excluding steroid dienone is 7. The van der Waals surface area contributed by atoms with Crippen LogP contribution in [0.4, 0.5) is 0 Å². The minimum absolute atomic E-state index is 1.06. The van der Waals surface area contributed by atoms with Crippen molar-refractivity contribution >= 4 is 11.8 Å². The van der Waals surface area contributed by atoms with Crippen LogP contribution in [-0.4, -0.2) is 5.75 Å². The molecule has 1 heteroatoms. The molecule has 0 aromatic heterocycles. The van der Waals surface area contributed by atoms with Crippen molar-refractivity contribution < 1.29 is 0 Å². The van der Waals surface area contributed by atoms with E-state index < -0.39 is 0 Å². The molecular weight excluding hydrogens is 200 g/mol. The first-order valence-corrected chi connectivity index (χ1v) is 6.07. The van der Waals surface area contributed by atoms with Crippen LogP contribution in [0.5, 0.6) is 0 Å². The minimum Gasteiger partial charge on any atom is -0.126 e. The first-order valence-electron chi connectivity index (χ1n) is 5.09. The van der Waals surface area contributed by atoms with Gasteiger partial charge in [-0.3, -0.25) is 0 Å². The standard InChI is InChI=1S/C14H20S/c1-6-9-14(15-8-3)13(7-2)11-10-12(4)5/h6-7,9-11H,1-2,8H2,3-5H3/b13-11+,14-9-. The summed E-state index contributed by atoms with van der Waals surface area (Å²) in [6.07, 6.45) is 9.93. The van der Waals surface area contributed by atoms with Crippen LogP contribution in [0.2, 0.25) is 0 Å². The molecule has 0 radical (unpaired) electrons. The Bertz CT molecular complexity index is 299. The van der Waals surface area contributed by atoms with Crippen LogP contribution in [0.15, 0.2) is 59.6 Å². The maximum Gasteiger partial charge on any atom is 0.0144 e. The smallest absolute Gasteiger partial charge is 0.0144 e. The van der Waals surface area contributed by atoms with Gasteiger partial charge in [-0.15, -0.1) is 11.8 Å². The van der Waals surface area contributed by atoms with E-state index in [2.05, 4.69) is 46.1 Å². The lowest BCUT2D eigenvalue weighted by Crippen LogP contribution is -1.82. The molecular formula is C14H20S. The van der Waals surface area contributed by atoms with Crippen LogP contribution in [0.25, 0.3) is 0 Å². The Morgan fingerprint density at radius 3 is 2.20 bits per heavy atom. The molecule has 0 heterocycles. The SMILES string of the molecule is C=C/C=C(SCC)/C(C=C)=C/C=C(C)C. The summed E-state index contributed by atoms with van der Waals surface area (Å²) in [7, 11) is 0. The first-order chi connectivity index (χ1) is 7.15. The minimum atomic E-state index is 1.06. The predicted octanol–water partition coefficient (Wildman–Crippen LogP) is 4.89. The quantitative estimate of drug-likeness (QED) is 0.574. The van der Waals surface area contributed by atoms with Gasteiger partial charge in [-0.05, 0) is 31.2 Å². The highest BCUT2D eigenvalue weighted by molar-refractivity contribution is 8.03. The third-order valence-electron chi connectivity index (χ3n) is 1.67. The Kier molecular flexibility index (Phi) is 7.84. The fourth-order valence-corrected chi connectivity index (χ4v) is 1.82. The normalized spacial score (nSPS) is 12.2. The molecule has 0 fully saturated rings. The maximum atomic E-state index is 3.84. The maximum absolute atomic E-state index is 3.84. The number of hydrogen-bond donors (Lipinski definition) is 0. The fourth-order valence-electron chi connectivity index (χ4n) is 0.997. The second-order valence-electron chi connectivity index (χ2n) is 3.27. The lowest BCUT2D eigenvalue weighted by Gasteiger charge is -2.05. The van der Waals surface area contributed by atoms with Gasteiger partial charge >= 0.3 is 0 Å². The van der Waals surface area contributed by atoms with Crippen molar-refractivity contribution in [2.75, 3.05) is 5.75 Å². The molecule has 0 saturated carbocycles. The number of hydrogen-bond acceptors (Lipinski definition) is 1. The van der Waals surface area contributed by atoms with Crippen LogP contribution >= 0.6 is 11.8 Å². The summed E-state index contributed by atoms with van der Waals surface area (Å²) in [5, 5.41) is 0. The van der Waals surface area contributed by atoms with E-state index in [1.54, 1.807) is 11.8 Å². The summed E-state index contributed by atoms with van der Waals surface area (Å²) < 4.78 is 0. The van der Waals surface area contributed by atoms with Crippen LogP contribution in [0, 0.1) is 0 Å². The summed E-state index contributed by atoms with van der Waals surface area (Å²) in [6, 6.07) is 0. The molecule has 82 valence electrons. The van der Waals surface area contributed by atoms with Gasteiger partial charge in [-0.1, -0.05) is 50.0 Å². The summed E-state index contributed by atoms with van der Waals surface area (Å²) in [5.41, 5.74) is 2.44. The summed E-state index contributed by atoms with van der Waals surface area (Å²) in [4.78, 5) is 1.22. The Morgan fingerprint density at radius 1 is 1.13 bits per heavy atom. The Labute approximate surface area is 98.2 Å². The number of rotatable bonds is 6. The van der Waals surface area contributed by atoms with Crippen molar-refractivity contribution in [2.45, 2.75) is 20.8 Å². The summed E-state index contributed by atoms with van der Waals surface area (Å²) in [5.74, 6) is 1.06. The van der Waals surface area contributed by atoms with Crippen LogP contribution in [0.1, 0.15) is 20.8 Å². The van der Waals surface area contributed by atoms with Crippen LogP contribution in [0.3, 0.4) is 0 Å². The molecule has 15 heavy (non-hydrogen) atoms. The zero-order valence-electron chi connectivity index (χ0n) is 9.92. The van der Waals surface area contributed by atoms with E-state index in [4.69, 9.17) is 0 Å². The van der Waals surface area contributed by atoms with Gasteiger partial charge in [-0.25, -0.2) is 0 Å². The van der Waals surface area contributed by atoms with Crippen molar-refractivity contribution in [3.8, 4) is 0 Å². The fraction of sp³-hybridized carbons (Fsp3) is 0.286. The van der Waals surface area contributed by atoms with Gasteiger partial charge in [-0.2, -0.15) is 0 Å². The molecule has 0 nitrogen and oxygen atoms in total. The molecule has 0 bridgehead atoms. The van der Waals surface area contributed by atoms with E-state index in [9.17, 15) is 0 Å². The second-order valence-corrected chi connectivity index (χ2v) is 4.58. The molecule has 0 aliphatic heterocycles. The molecule has 0 atom stereocenters. The van der Waals surface area contributed by atoms with Gasteiger partial charge in [0.25, 0.3) is 0 Å². The molecule has 0 saturated heterocycles. The van der Waals surface area contributed by atoms with Gasteiger partial charge in [0.1, 0.15) is 0 Å². The highest BCUT2D eigenvalue weighted by atomic mass is 32.2. The van der Waals surface area contributed by atoms with Gasteiger partial charge in [0, 0.05) is 4.91 Å². The van der Waals surface area contributed by atoms with Crippen molar-refractivity contribution in [3.63, 3.8) is 0 Å². The lowest BCUT2D eigenvalue weighted by atomic mass is 10.2. The molecule has 0 unspecified atom stereocenters. The molecule has 0 aromatic carbocycles. The molecule has 0 aliphatic carbocycles. The molecule has 0 amide bonds. The highest BCUT2D eigenvalue weighted by Gasteiger charge is 1.99. The van der Waals surface area contributed by atoms with E-state index in [1.165, 1.54) is 10.5 Å². The third kappa shape index (κ3) is 6.19. The van der Waals surface area contributed by atoms with Crippen molar-refractivity contribution in [3.05, 3.63) is 59.6 Å². The van der Waals surface area contributed by atoms with Gasteiger partial charge < -0.3 is 0 Å². The third-order valence-corrected chi connectivity index (χ3v) is 2.64. The topological polar surface area (TPSA) is 0 Å². The van der Waals surface area contributed by atoms with Crippen molar-refractivity contribution in [1.29, 1.82) is 0 Å². The Morgan fingerprint density at radius 2 is 1.80 bits per heavy atom.